The molecule has 200 valence electrons. The number of benzene rings is 2. The molecule has 2 atom stereocenters. The lowest BCUT2D eigenvalue weighted by molar-refractivity contribution is -0.146. The van der Waals surface area contributed by atoms with Crippen molar-refractivity contribution < 1.29 is 23.8 Å². The molecule has 0 radical (unpaired) electrons. The van der Waals surface area contributed by atoms with Gasteiger partial charge < -0.3 is 19.5 Å². The molecule has 0 bridgehead atoms. The number of ether oxygens (including phenoxy) is 3. The maximum atomic E-state index is 13.9. The van der Waals surface area contributed by atoms with E-state index in [2.05, 4.69) is 5.32 Å². The van der Waals surface area contributed by atoms with Crippen molar-refractivity contribution in [3.63, 3.8) is 0 Å². The molecule has 0 unspecified atom stereocenters. The fourth-order valence-electron chi connectivity index (χ4n) is 6.07. The summed E-state index contributed by atoms with van der Waals surface area (Å²) in [5.41, 5.74) is 4.36. The number of methoxy groups -OCH3 is 2. The van der Waals surface area contributed by atoms with E-state index < -0.39 is 5.92 Å². The minimum absolute atomic E-state index is 0.000999. The van der Waals surface area contributed by atoms with Crippen LogP contribution in [-0.4, -0.2) is 32.1 Å². The highest BCUT2D eigenvalue weighted by atomic mass is 35.5. The first-order chi connectivity index (χ1) is 18.4. The van der Waals surface area contributed by atoms with Crippen LogP contribution in [0.3, 0.4) is 0 Å². The van der Waals surface area contributed by atoms with Crippen molar-refractivity contribution >= 4 is 23.4 Å². The van der Waals surface area contributed by atoms with E-state index in [9.17, 15) is 9.59 Å². The second-order valence-electron chi connectivity index (χ2n) is 10.3. The molecule has 0 amide bonds. The third-order valence-electron chi connectivity index (χ3n) is 7.97. The van der Waals surface area contributed by atoms with Crippen molar-refractivity contribution in [1.29, 1.82) is 0 Å². The van der Waals surface area contributed by atoms with Crippen molar-refractivity contribution in [2.45, 2.75) is 69.8 Å². The average Bonchev–Trinajstić information content (AvgIpc) is 2.92. The number of nitrogens with one attached hydrogen (secondary N) is 1. The smallest absolute Gasteiger partial charge is 0.337 e. The topological polar surface area (TPSA) is 73.9 Å². The molecule has 1 aliphatic heterocycles. The zero-order chi connectivity index (χ0) is 26.8. The van der Waals surface area contributed by atoms with Gasteiger partial charge in [0.2, 0.25) is 0 Å². The summed E-state index contributed by atoms with van der Waals surface area (Å²) in [6.45, 7) is 1.88. The van der Waals surface area contributed by atoms with Gasteiger partial charge in [-0.25, -0.2) is 4.79 Å². The first-order valence-corrected chi connectivity index (χ1v) is 13.7. The van der Waals surface area contributed by atoms with Crippen LogP contribution in [-0.2, 0) is 14.3 Å². The van der Waals surface area contributed by atoms with E-state index in [0.29, 0.717) is 46.2 Å². The summed E-state index contributed by atoms with van der Waals surface area (Å²) < 4.78 is 16.9. The van der Waals surface area contributed by atoms with E-state index in [4.69, 9.17) is 25.8 Å². The van der Waals surface area contributed by atoms with Crippen molar-refractivity contribution in [2.24, 2.45) is 0 Å². The lowest BCUT2D eigenvalue weighted by Gasteiger charge is -2.37. The summed E-state index contributed by atoms with van der Waals surface area (Å²) in [6.07, 6.45) is 5.91. The molecule has 7 heteroatoms. The highest BCUT2D eigenvalue weighted by molar-refractivity contribution is 6.31. The van der Waals surface area contributed by atoms with Crippen LogP contribution in [0, 0.1) is 0 Å². The molecule has 1 heterocycles. The third-order valence-corrected chi connectivity index (χ3v) is 8.31. The normalized spacial score (nSPS) is 22.1. The third kappa shape index (κ3) is 5.06. The van der Waals surface area contributed by atoms with Gasteiger partial charge in [-0.2, -0.15) is 0 Å². The average molecular weight is 536 g/mol. The Morgan fingerprint density at radius 1 is 0.974 bits per heavy atom. The van der Waals surface area contributed by atoms with E-state index >= 15 is 0 Å². The first-order valence-electron chi connectivity index (χ1n) is 13.3. The molecular formula is C31H34ClNO5. The van der Waals surface area contributed by atoms with Gasteiger partial charge >= 0.3 is 5.97 Å². The second-order valence-corrected chi connectivity index (χ2v) is 10.7. The number of halogens is 1. The van der Waals surface area contributed by atoms with E-state index in [0.717, 1.165) is 42.5 Å². The number of ketones is 1. The number of rotatable bonds is 6. The molecule has 0 aromatic heterocycles. The van der Waals surface area contributed by atoms with E-state index in [1.807, 2.05) is 43.3 Å². The zero-order valence-electron chi connectivity index (χ0n) is 22.1. The van der Waals surface area contributed by atoms with Crippen LogP contribution in [0.25, 0.3) is 0 Å². The number of dihydropyridines is 1. The molecule has 0 spiro atoms. The predicted octanol–water partition coefficient (Wildman–Crippen LogP) is 6.59. The summed E-state index contributed by atoms with van der Waals surface area (Å²) in [7, 11) is 3.21. The molecule has 6 nitrogen and oxygen atoms in total. The standard InChI is InChI=1S/C31H34ClNO5/c1-18-28(31(35)38-21-9-5-4-6-10-21)29(22-11-7-8-12-23(22)32)30-24(33-18)15-20(16-25(30)34)19-13-14-26(36-2)27(17-19)37-3/h7-8,11-14,17,20-21,29,33H,4-6,9-10,15-16H2,1-3H3/t20-,29+/m1/s1. The van der Waals surface area contributed by atoms with Gasteiger partial charge in [0.05, 0.1) is 19.8 Å². The maximum absolute atomic E-state index is 13.9. The van der Waals surface area contributed by atoms with Crippen LogP contribution in [0.1, 0.15) is 74.8 Å². The molecule has 1 N–H and O–H groups in total. The predicted molar refractivity (Wildman–Crippen MR) is 147 cm³/mol. The summed E-state index contributed by atoms with van der Waals surface area (Å²) in [6, 6.07) is 13.2. The Labute approximate surface area is 229 Å². The Balaban J connectivity index is 1.52. The molecule has 1 fully saturated rings. The van der Waals surface area contributed by atoms with Gasteiger partial charge in [0.15, 0.2) is 17.3 Å². The molecule has 5 rings (SSSR count). The zero-order valence-corrected chi connectivity index (χ0v) is 22.9. The van der Waals surface area contributed by atoms with Gasteiger partial charge in [-0.3, -0.25) is 4.79 Å². The quantitative estimate of drug-likeness (QED) is 0.420. The minimum Gasteiger partial charge on any atom is -0.493 e. The van der Waals surface area contributed by atoms with Gasteiger partial charge in [-0.05, 0) is 74.3 Å². The summed E-state index contributed by atoms with van der Waals surface area (Å²) in [5.74, 6) is 0.297. The first kappa shape index (κ1) is 26.4. The summed E-state index contributed by atoms with van der Waals surface area (Å²) in [5, 5.41) is 3.95. The molecule has 38 heavy (non-hydrogen) atoms. The van der Waals surface area contributed by atoms with Gasteiger partial charge in [0.1, 0.15) is 6.10 Å². The number of carbonyl (C=O) groups is 2. The minimum atomic E-state index is -0.574. The SMILES string of the molecule is COc1ccc([C@H]2CC(=O)C3=C(C2)NC(C)=C(C(=O)OC2CCCCC2)[C@@H]3c2ccccc2Cl)cc1OC. The number of allylic oxidation sites excluding steroid dienone is 3. The number of hydrogen-bond donors (Lipinski definition) is 1. The van der Waals surface area contributed by atoms with Gasteiger partial charge in [-0.15, -0.1) is 0 Å². The molecule has 0 saturated heterocycles. The Morgan fingerprint density at radius 2 is 1.71 bits per heavy atom. The molecular weight excluding hydrogens is 502 g/mol. The highest BCUT2D eigenvalue weighted by Gasteiger charge is 2.42. The Hall–Kier alpha value is -3.25. The van der Waals surface area contributed by atoms with Gasteiger partial charge in [-0.1, -0.05) is 42.3 Å². The number of esters is 1. The molecule has 2 aliphatic carbocycles. The molecule has 2 aromatic carbocycles. The van der Waals surface area contributed by atoms with Gasteiger partial charge in [0.25, 0.3) is 0 Å². The fraction of sp³-hybridized carbons (Fsp3) is 0.419. The maximum Gasteiger partial charge on any atom is 0.337 e. The Kier molecular flexibility index (Phi) is 7.80. The van der Waals surface area contributed by atoms with Crippen LogP contribution in [0.4, 0.5) is 0 Å². The van der Waals surface area contributed by atoms with Crippen molar-refractivity contribution in [3.05, 3.63) is 81.2 Å². The van der Waals surface area contributed by atoms with Crippen LogP contribution in [0.2, 0.25) is 5.02 Å². The molecule has 1 saturated carbocycles. The van der Waals surface area contributed by atoms with Crippen LogP contribution in [0.15, 0.2) is 65.0 Å². The molecule has 2 aromatic rings. The van der Waals surface area contributed by atoms with Gasteiger partial charge in [0, 0.05) is 34.3 Å². The second kappa shape index (κ2) is 11.2. The van der Waals surface area contributed by atoms with Crippen LogP contribution >= 0.6 is 11.6 Å². The van der Waals surface area contributed by atoms with Crippen molar-refractivity contribution in [1.82, 2.24) is 5.32 Å². The number of carbonyl (C=O) groups excluding carboxylic acids is 2. The summed E-state index contributed by atoms with van der Waals surface area (Å²) >= 11 is 6.68. The number of Topliss-reactive ketones (excluding diaryl/α,β-unsaturated/α-hetero) is 1. The van der Waals surface area contributed by atoms with Crippen LogP contribution in [0.5, 0.6) is 11.5 Å². The van der Waals surface area contributed by atoms with E-state index in [-0.39, 0.29) is 23.8 Å². The lowest BCUT2D eigenvalue weighted by Crippen LogP contribution is -2.37. The van der Waals surface area contributed by atoms with E-state index in [1.54, 1.807) is 20.3 Å². The van der Waals surface area contributed by atoms with E-state index in [1.165, 1.54) is 6.42 Å². The highest BCUT2D eigenvalue weighted by Crippen LogP contribution is 2.48. The largest absolute Gasteiger partial charge is 0.493 e. The Bertz CT molecular complexity index is 1310. The summed E-state index contributed by atoms with van der Waals surface area (Å²) in [4.78, 5) is 27.5. The Morgan fingerprint density at radius 3 is 2.42 bits per heavy atom. The monoisotopic (exact) mass is 535 g/mol. The lowest BCUT2D eigenvalue weighted by atomic mass is 9.71. The molecule has 3 aliphatic rings. The fourth-order valence-corrected chi connectivity index (χ4v) is 6.31. The number of hydrogen-bond acceptors (Lipinski definition) is 6. The van der Waals surface area contributed by atoms with Crippen LogP contribution < -0.4 is 14.8 Å². The van der Waals surface area contributed by atoms with Crippen molar-refractivity contribution in [3.8, 4) is 11.5 Å². The van der Waals surface area contributed by atoms with Crippen molar-refractivity contribution in [2.75, 3.05) is 14.2 Å².